The SMILES string of the molecule is CCc1cccc(NC(=O)Nc2cccc(F)c2C)c1. The van der Waals surface area contributed by atoms with Crippen LogP contribution < -0.4 is 10.6 Å². The summed E-state index contributed by atoms with van der Waals surface area (Å²) in [5.74, 6) is -0.337. The van der Waals surface area contributed by atoms with E-state index in [4.69, 9.17) is 0 Å². The second kappa shape index (κ2) is 6.19. The van der Waals surface area contributed by atoms with E-state index in [1.807, 2.05) is 24.3 Å². The molecule has 2 N–H and O–H groups in total. The lowest BCUT2D eigenvalue weighted by Crippen LogP contribution is -2.20. The third-order valence-electron chi connectivity index (χ3n) is 3.11. The Bertz CT molecular complexity index is 626. The van der Waals surface area contributed by atoms with E-state index in [-0.39, 0.29) is 11.8 Å². The second-order valence-corrected chi connectivity index (χ2v) is 4.55. The normalized spacial score (nSPS) is 10.2. The predicted molar refractivity (Wildman–Crippen MR) is 79.6 cm³/mol. The summed E-state index contributed by atoms with van der Waals surface area (Å²) in [4.78, 5) is 11.9. The van der Waals surface area contributed by atoms with Crippen LogP contribution in [-0.2, 0) is 6.42 Å². The molecule has 0 unspecified atom stereocenters. The summed E-state index contributed by atoms with van der Waals surface area (Å²) in [7, 11) is 0. The summed E-state index contributed by atoms with van der Waals surface area (Å²) in [6, 6.07) is 11.8. The molecule has 0 aromatic heterocycles. The zero-order chi connectivity index (χ0) is 14.5. The Hall–Kier alpha value is -2.36. The Labute approximate surface area is 117 Å². The van der Waals surface area contributed by atoms with Crippen LogP contribution in [0.5, 0.6) is 0 Å². The highest BCUT2D eigenvalue weighted by molar-refractivity contribution is 6.00. The minimum absolute atomic E-state index is 0.337. The molecule has 0 aliphatic carbocycles. The quantitative estimate of drug-likeness (QED) is 0.857. The van der Waals surface area contributed by atoms with Crippen LogP contribution >= 0.6 is 0 Å². The molecule has 0 saturated heterocycles. The molecule has 0 fully saturated rings. The topological polar surface area (TPSA) is 41.1 Å². The van der Waals surface area contributed by atoms with Gasteiger partial charge in [0.25, 0.3) is 0 Å². The number of urea groups is 1. The van der Waals surface area contributed by atoms with Crippen molar-refractivity contribution in [2.45, 2.75) is 20.3 Å². The minimum Gasteiger partial charge on any atom is -0.308 e. The van der Waals surface area contributed by atoms with Gasteiger partial charge in [0.1, 0.15) is 5.82 Å². The predicted octanol–water partition coefficient (Wildman–Crippen LogP) is 4.34. The van der Waals surface area contributed by atoms with Crippen LogP contribution in [0.1, 0.15) is 18.1 Å². The molecule has 2 aromatic rings. The molecule has 0 heterocycles. The average molecular weight is 272 g/mol. The van der Waals surface area contributed by atoms with E-state index in [0.29, 0.717) is 11.3 Å². The molecular weight excluding hydrogens is 255 g/mol. The molecule has 4 heteroatoms. The lowest BCUT2D eigenvalue weighted by Gasteiger charge is -2.11. The molecule has 0 bridgehead atoms. The number of aryl methyl sites for hydroxylation is 1. The van der Waals surface area contributed by atoms with Crippen LogP contribution in [0.3, 0.4) is 0 Å². The molecular formula is C16H17FN2O. The molecule has 2 rings (SSSR count). The van der Waals surface area contributed by atoms with Crippen molar-refractivity contribution in [2.75, 3.05) is 10.6 Å². The van der Waals surface area contributed by atoms with Crippen LogP contribution in [-0.4, -0.2) is 6.03 Å². The largest absolute Gasteiger partial charge is 0.323 e. The summed E-state index contributed by atoms with van der Waals surface area (Å²) in [6.07, 6.45) is 0.903. The Morgan fingerprint density at radius 2 is 1.90 bits per heavy atom. The zero-order valence-corrected chi connectivity index (χ0v) is 11.5. The molecule has 0 aliphatic heterocycles. The number of amides is 2. The van der Waals surface area contributed by atoms with Gasteiger partial charge in [0.15, 0.2) is 0 Å². The molecule has 104 valence electrons. The summed E-state index contributed by atoms with van der Waals surface area (Å²) >= 11 is 0. The van der Waals surface area contributed by atoms with Gasteiger partial charge < -0.3 is 10.6 Å². The Balaban J connectivity index is 2.07. The fourth-order valence-corrected chi connectivity index (χ4v) is 1.90. The first-order valence-electron chi connectivity index (χ1n) is 6.52. The van der Waals surface area contributed by atoms with E-state index in [0.717, 1.165) is 17.7 Å². The maximum absolute atomic E-state index is 13.4. The van der Waals surface area contributed by atoms with Gasteiger partial charge in [-0.25, -0.2) is 9.18 Å². The van der Waals surface area contributed by atoms with Crippen molar-refractivity contribution in [3.05, 3.63) is 59.4 Å². The molecule has 0 spiro atoms. The standard InChI is InChI=1S/C16H17FN2O/c1-3-12-6-4-7-13(10-12)18-16(20)19-15-9-5-8-14(17)11(15)2/h4-10H,3H2,1-2H3,(H2,18,19,20). The van der Waals surface area contributed by atoms with E-state index >= 15 is 0 Å². The third kappa shape index (κ3) is 3.35. The van der Waals surface area contributed by atoms with Gasteiger partial charge in [-0.3, -0.25) is 0 Å². The van der Waals surface area contributed by atoms with E-state index in [1.165, 1.54) is 6.07 Å². The number of hydrogen-bond acceptors (Lipinski definition) is 1. The number of carbonyl (C=O) groups is 1. The molecule has 0 radical (unpaired) electrons. The van der Waals surface area contributed by atoms with Crippen molar-refractivity contribution in [3.8, 4) is 0 Å². The first-order valence-corrected chi connectivity index (χ1v) is 6.52. The first kappa shape index (κ1) is 14.1. The Morgan fingerprint density at radius 1 is 1.15 bits per heavy atom. The lowest BCUT2D eigenvalue weighted by atomic mass is 10.1. The van der Waals surface area contributed by atoms with Crippen molar-refractivity contribution in [3.63, 3.8) is 0 Å². The second-order valence-electron chi connectivity index (χ2n) is 4.55. The number of anilines is 2. The van der Waals surface area contributed by atoms with Gasteiger partial charge in [-0.05, 0) is 43.2 Å². The van der Waals surface area contributed by atoms with E-state index < -0.39 is 0 Å². The number of carbonyl (C=O) groups excluding carboxylic acids is 1. The number of nitrogens with one attached hydrogen (secondary N) is 2. The Morgan fingerprint density at radius 3 is 2.65 bits per heavy atom. The molecule has 0 aliphatic rings. The average Bonchev–Trinajstić information content (AvgIpc) is 2.44. The minimum atomic E-state index is -0.382. The van der Waals surface area contributed by atoms with Gasteiger partial charge in [0.05, 0.1) is 0 Å². The van der Waals surface area contributed by atoms with Gasteiger partial charge in [-0.15, -0.1) is 0 Å². The number of hydrogen-bond donors (Lipinski definition) is 2. The van der Waals surface area contributed by atoms with Crippen LogP contribution in [0.2, 0.25) is 0 Å². The van der Waals surface area contributed by atoms with E-state index in [1.54, 1.807) is 19.1 Å². The molecule has 3 nitrogen and oxygen atoms in total. The third-order valence-corrected chi connectivity index (χ3v) is 3.11. The fourth-order valence-electron chi connectivity index (χ4n) is 1.90. The molecule has 0 atom stereocenters. The van der Waals surface area contributed by atoms with Gasteiger partial charge in [0, 0.05) is 16.9 Å². The van der Waals surface area contributed by atoms with Crippen molar-refractivity contribution in [2.24, 2.45) is 0 Å². The highest BCUT2D eigenvalue weighted by Crippen LogP contribution is 2.18. The molecule has 0 saturated carbocycles. The van der Waals surface area contributed by atoms with E-state index in [9.17, 15) is 9.18 Å². The van der Waals surface area contributed by atoms with Crippen molar-refractivity contribution >= 4 is 17.4 Å². The van der Waals surface area contributed by atoms with Gasteiger partial charge in [-0.1, -0.05) is 25.1 Å². The highest BCUT2D eigenvalue weighted by atomic mass is 19.1. The maximum Gasteiger partial charge on any atom is 0.323 e. The van der Waals surface area contributed by atoms with Gasteiger partial charge in [0.2, 0.25) is 0 Å². The van der Waals surface area contributed by atoms with Gasteiger partial charge >= 0.3 is 6.03 Å². The highest BCUT2D eigenvalue weighted by Gasteiger charge is 2.07. The fraction of sp³-hybridized carbons (Fsp3) is 0.188. The summed E-state index contributed by atoms with van der Waals surface area (Å²) in [5.41, 5.74) is 2.75. The van der Waals surface area contributed by atoms with Crippen molar-refractivity contribution < 1.29 is 9.18 Å². The van der Waals surface area contributed by atoms with Crippen molar-refractivity contribution in [1.29, 1.82) is 0 Å². The lowest BCUT2D eigenvalue weighted by molar-refractivity contribution is 0.262. The zero-order valence-electron chi connectivity index (χ0n) is 11.5. The summed E-state index contributed by atoms with van der Waals surface area (Å²) in [6.45, 7) is 3.68. The maximum atomic E-state index is 13.4. The van der Waals surface area contributed by atoms with E-state index in [2.05, 4.69) is 17.6 Å². The first-order chi connectivity index (χ1) is 9.60. The smallest absolute Gasteiger partial charge is 0.308 e. The monoisotopic (exact) mass is 272 g/mol. The number of rotatable bonds is 3. The molecule has 2 amide bonds. The molecule has 20 heavy (non-hydrogen) atoms. The molecule has 2 aromatic carbocycles. The van der Waals surface area contributed by atoms with Crippen LogP contribution in [0.15, 0.2) is 42.5 Å². The van der Waals surface area contributed by atoms with Crippen molar-refractivity contribution in [1.82, 2.24) is 0 Å². The van der Waals surface area contributed by atoms with Crippen LogP contribution in [0.25, 0.3) is 0 Å². The van der Waals surface area contributed by atoms with Gasteiger partial charge in [-0.2, -0.15) is 0 Å². The number of benzene rings is 2. The Kier molecular flexibility index (Phi) is 4.35. The van der Waals surface area contributed by atoms with Crippen LogP contribution in [0.4, 0.5) is 20.6 Å². The summed E-state index contributed by atoms with van der Waals surface area (Å²) < 4.78 is 13.4. The summed E-state index contributed by atoms with van der Waals surface area (Å²) in [5, 5.41) is 5.39. The number of halogens is 1. The van der Waals surface area contributed by atoms with Crippen LogP contribution in [0, 0.1) is 12.7 Å².